The number of halogens is 1. The molecule has 2 aromatic rings. The lowest BCUT2D eigenvalue weighted by Gasteiger charge is -2.07. The zero-order valence-corrected chi connectivity index (χ0v) is 10.3. The van der Waals surface area contributed by atoms with E-state index in [1.54, 1.807) is 12.1 Å². The number of ether oxygens (including phenoxy) is 1. The Bertz CT molecular complexity index is 507. The number of hydrogen-bond acceptors (Lipinski definition) is 3. The van der Waals surface area contributed by atoms with Gasteiger partial charge in [-0.15, -0.1) is 0 Å². The van der Waals surface area contributed by atoms with Gasteiger partial charge in [0.05, 0.1) is 6.61 Å². The van der Waals surface area contributed by atoms with Gasteiger partial charge in [0, 0.05) is 24.7 Å². The number of nitrogen functional groups attached to an aromatic ring is 1. The topological polar surface area (TPSA) is 53.1 Å². The van der Waals surface area contributed by atoms with Gasteiger partial charge >= 0.3 is 0 Å². The average molecular weight is 249 g/mol. The van der Waals surface area contributed by atoms with Crippen molar-refractivity contribution in [2.24, 2.45) is 0 Å². The summed E-state index contributed by atoms with van der Waals surface area (Å²) in [6.45, 7) is 3.28. The molecule has 0 bridgehead atoms. The molecule has 0 aliphatic carbocycles. The number of benzene rings is 1. The third-order valence-corrected chi connectivity index (χ3v) is 2.60. The molecule has 0 fully saturated rings. The lowest BCUT2D eigenvalue weighted by Crippen LogP contribution is -2.07. The molecule has 0 spiro atoms. The monoisotopic (exact) mass is 249 g/mol. The number of rotatable bonds is 5. The molecular formula is C13H16FN3O. The predicted octanol–water partition coefficient (Wildman–Crippen LogP) is 2.38. The molecule has 18 heavy (non-hydrogen) atoms. The maximum Gasteiger partial charge on any atom is 0.145 e. The van der Waals surface area contributed by atoms with Crippen molar-refractivity contribution in [1.29, 1.82) is 0 Å². The third-order valence-electron chi connectivity index (χ3n) is 2.60. The fourth-order valence-electron chi connectivity index (χ4n) is 1.70. The van der Waals surface area contributed by atoms with E-state index in [9.17, 15) is 4.39 Å². The van der Waals surface area contributed by atoms with Gasteiger partial charge in [-0.05, 0) is 31.2 Å². The van der Waals surface area contributed by atoms with Crippen molar-refractivity contribution < 1.29 is 9.13 Å². The van der Waals surface area contributed by atoms with Crippen molar-refractivity contribution in [3.63, 3.8) is 0 Å². The van der Waals surface area contributed by atoms with Crippen LogP contribution in [0.2, 0.25) is 0 Å². The first-order valence-corrected chi connectivity index (χ1v) is 5.83. The fraction of sp³-hybridized carbons (Fsp3) is 0.308. The summed E-state index contributed by atoms with van der Waals surface area (Å²) in [6.07, 6.45) is 0.819. The van der Waals surface area contributed by atoms with Crippen LogP contribution in [0.1, 0.15) is 12.1 Å². The molecular weight excluding hydrogens is 233 g/mol. The molecule has 2 N–H and O–H groups in total. The Kier molecular flexibility index (Phi) is 3.82. The summed E-state index contributed by atoms with van der Waals surface area (Å²) in [6, 6.07) is 7.83. The van der Waals surface area contributed by atoms with Crippen molar-refractivity contribution >= 4 is 5.82 Å². The summed E-state index contributed by atoms with van der Waals surface area (Å²) in [5.74, 6) is 0.949. The molecule has 5 heteroatoms. The van der Waals surface area contributed by atoms with Gasteiger partial charge in [0.2, 0.25) is 0 Å². The molecule has 0 radical (unpaired) electrons. The minimum absolute atomic E-state index is 0.259. The number of aromatic nitrogens is 2. The van der Waals surface area contributed by atoms with Crippen molar-refractivity contribution in [3.05, 3.63) is 41.8 Å². The molecule has 2 rings (SSSR count). The summed E-state index contributed by atoms with van der Waals surface area (Å²) in [4.78, 5) is 0. The molecule has 0 saturated heterocycles. The Morgan fingerprint density at radius 1 is 1.33 bits per heavy atom. The van der Waals surface area contributed by atoms with E-state index in [1.165, 1.54) is 12.1 Å². The minimum atomic E-state index is -0.259. The van der Waals surface area contributed by atoms with Crippen LogP contribution < -0.4 is 10.5 Å². The van der Waals surface area contributed by atoms with Crippen LogP contribution in [0.15, 0.2) is 30.3 Å². The third kappa shape index (κ3) is 3.23. The second-order valence-corrected chi connectivity index (χ2v) is 4.09. The first-order valence-electron chi connectivity index (χ1n) is 5.83. The summed E-state index contributed by atoms with van der Waals surface area (Å²) in [5, 5.41) is 4.16. The van der Waals surface area contributed by atoms with Gasteiger partial charge in [-0.2, -0.15) is 5.10 Å². The zero-order valence-electron chi connectivity index (χ0n) is 10.3. The van der Waals surface area contributed by atoms with Crippen LogP contribution in [0.4, 0.5) is 10.2 Å². The maximum absolute atomic E-state index is 12.7. The van der Waals surface area contributed by atoms with Gasteiger partial charge < -0.3 is 10.5 Å². The average Bonchev–Trinajstić information content (AvgIpc) is 2.66. The van der Waals surface area contributed by atoms with E-state index in [1.807, 2.05) is 17.7 Å². The Balaban J connectivity index is 1.76. The molecule has 0 amide bonds. The van der Waals surface area contributed by atoms with Crippen molar-refractivity contribution in [3.8, 4) is 5.75 Å². The van der Waals surface area contributed by atoms with Crippen molar-refractivity contribution in [2.75, 3.05) is 12.3 Å². The first-order chi connectivity index (χ1) is 8.65. The number of nitrogens with zero attached hydrogens (tertiary/aromatic N) is 2. The Morgan fingerprint density at radius 3 is 2.67 bits per heavy atom. The van der Waals surface area contributed by atoms with Crippen LogP contribution in [0.3, 0.4) is 0 Å². The van der Waals surface area contributed by atoms with Gasteiger partial charge in [0.1, 0.15) is 17.4 Å². The molecule has 1 heterocycles. The molecule has 0 aliphatic heterocycles. The van der Waals surface area contributed by atoms with Gasteiger partial charge in [-0.3, -0.25) is 4.68 Å². The zero-order chi connectivity index (χ0) is 13.0. The first kappa shape index (κ1) is 12.4. The van der Waals surface area contributed by atoms with Crippen LogP contribution in [0.5, 0.6) is 5.75 Å². The lowest BCUT2D eigenvalue weighted by molar-refractivity contribution is 0.297. The summed E-state index contributed by atoms with van der Waals surface area (Å²) in [7, 11) is 0. The van der Waals surface area contributed by atoms with Crippen LogP contribution in [-0.2, 0) is 6.54 Å². The normalized spacial score (nSPS) is 10.6. The summed E-state index contributed by atoms with van der Waals surface area (Å²) < 4.78 is 20.0. The van der Waals surface area contributed by atoms with Gasteiger partial charge in [-0.25, -0.2) is 4.39 Å². The standard InChI is InChI=1S/C13H16FN3O/c1-10-9-13(15)16-17(10)7-2-8-18-12-5-3-11(14)4-6-12/h3-6,9H,2,7-8H2,1H3,(H2,15,16). The van der Waals surface area contributed by atoms with E-state index in [-0.39, 0.29) is 5.82 Å². The highest BCUT2D eigenvalue weighted by Crippen LogP contribution is 2.11. The summed E-state index contributed by atoms with van der Waals surface area (Å²) >= 11 is 0. The van der Waals surface area contributed by atoms with E-state index in [2.05, 4.69) is 5.10 Å². The minimum Gasteiger partial charge on any atom is -0.494 e. The second-order valence-electron chi connectivity index (χ2n) is 4.09. The second kappa shape index (κ2) is 5.53. The molecule has 0 atom stereocenters. The smallest absolute Gasteiger partial charge is 0.145 e. The van der Waals surface area contributed by atoms with E-state index in [0.29, 0.717) is 18.2 Å². The molecule has 1 aromatic heterocycles. The quantitative estimate of drug-likeness (QED) is 0.828. The molecule has 1 aromatic carbocycles. The highest BCUT2D eigenvalue weighted by Gasteiger charge is 2.01. The fourth-order valence-corrected chi connectivity index (χ4v) is 1.70. The predicted molar refractivity (Wildman–Crippen MR) is 67.9 cm³/mol. The SMILES string of the molecule is Cc1cc(N)nn1CCCOc1ccc(F)cc1. The Hall–Kier alpha value is -2.04. The van der Waals surface area contributed by atoms with Crippen molar-refractivity contribution in [2.45, 2.75) is 19.9 Å². The van der Waals surface area contributed by atoms with Crippen LogP contribution in [0.25, 0.3) is 0 Å². The summed E-state index contributed by atoms with van der Waals surface area (Å²) in [5.41, 5.74) is 6.63. The highest BCUT2D eigenvalue weighted by molar-refractivity contribution is 5.28. The molecule has 0 saturated carbocycles. The van der Waals surface area contributed by atoms with Crippen molar-refractivity contribution in [1.82, 2.24) is 9.78 Å². The lowest BCUT2D eigenvalue weighted by atomic mass is 10.3. The molecule has 0 unspecified atom stereocenters. The Labute approximate surface area is 105 Å². The van der Waals surface area contributed by atoms with Crippen LogP contribution in [0, 0.1) is 12.7 Å². The number of nitrogens with two attached hydrogens (primary N) is 1. The van der Waals surface area contributed by atoms with E-state index in [0.717, 1.165) is 18.7 Å². The van der Waals surface area contributed by atoms with Crippen LogP contribution in [-0.4, -0.2) is 16.4 Å². The van der Waals surface area contributed by atoms with Gasteiger partial charge in [-0.1, -0.05) is 0 Å². The number of anilines is 1. The Morgan fingerprint density at radius 2 is 2.06 bits per heavy atom. The largest absolute Gasteiger partial charge is 0.494 e. The van der Waals surface area contributed by atoms with E-state index >= 15 is 0 Å². The molecule has 0 aliphatic rings. The van der Waals surface area contributed by atoms with Crippen LogP contribution >= 0.6 is 0 Å². The highest BCUT2D eigenvalue weighted by atomic mass is 19.1. The number of hydrogen-bond donors (Lipinski definition) is 1. The maximum atomic E-state index is 12.7. The molecule has 96 valence electrons. The van der Waals surface area contributed by atoms with Gasteiger partial charge in [0.25, 0.3) is 0 Å². The van der Waals surface area contributed by atoms with E-state index in [4.69, 9.17) is 10.5 Å². The number of aryl methyl sites for hydroxylation is 2. The van der Waals surface area contributed by atoms with Gasteiger partial charge in [0.15, 0.2) is 0 Å². The molecule has 4 nitrogen and oxygen atoms in total. The van der Waals surface area contributed by atoms with E-state index < -0.39 is 0 Å².